The van der Waals surface area contributed by atoms with Crippen LogP contribution in [0.15, 0.2) is 109 Å². The normalized spacial score (nSPS) is 16.8. The van der Waals surface area contributed by atoms with Crippen LogP contribution in [0.25, 0.3) is 32.7 Å². The lowest BCUT2D eigenvalue weighted by Crippen LogP contribution is -2.36. The molecule has 1 heterocycles. The minimum absolute atomic E-state index is 0.630. The number of anilines is 1. The van der Waals surface area contributed by atoms with Gasteiger partial charge in [0.25, 0.3) is 0 Å². The van der Waals surface area contributed by atoms with Crippen molar-refractivity contribution >= 4 is 27.2 Å². The summed E-state index contributed by atoms with van der Waals surface area (Å²) in [6, 6.07) is 35.7. The number of alkyl halides is 3. The number of fused-ring (bicyclic) bond motifs is 6. The van der Waals surface area contributed by atoms with Gasteiger partial charge in [0.05, 0.1) is 18.8 Å². The summed E-state index contributed by atoms with van der Waals surface area (Å²) in [7, 11) is 0. The molecule has 0 bridgehead atoms. The second kappa shape index (κ2) is 11.4. The van der Waals surface area contributed by atoms with Crippen LogP contribution in [0.2, 0.25) is 0 Å². The van der Waals surface area contributed by atoms with E-state index in [1.807, 2.05) is 38.1 Å². The fraction of sp³-hybridized carbons (Fsp3) is 0.256. The van der Waals surface area contributed by atoms with Crippen LogP contribution in [0.4, 0.5) is 18.9 Å². The molecule has 1 aliphatic heterocycles. The largest absolute Gasteiger partial charge is 0.477 e. The molecule has 0 radical (unpaired) electrons. The Kier molecular flexibility index (Phi) is 7.31. The van der Waals surface area contributed by atoms with E-state index in [0.717, 1.165) is 79.5 Å². The van der Waals surface area contributed by atoms with Crippen molar-refractivity contribution in [2.24, 2.45) is 0 Å². The van der Waals surface area contributed by atoms with Crippen molar-refractivity contribution in [1.29, 1.82) is 0 Å². The van der Waals surface area contributed by atoms with Crippen molar-refractivity contribution in [2.75, 3.05) is 31.2 Å². The molecule has 0 N–H and O–H groups in total. The van der Waals surface area contributed by atoms with Gasteiger partial charge < -0.3 is 14.4 Å². The second-order valence-electron chi connectivity index (χ2n) is 14.0. The molecule has 6 aromatic carbocycles. The van der Waals surface area contributed by atoms with Gasteiger partial charge in [-0.2, -0.15) is 13.2 Å². The fourth-order valence-corrected chi connectivity index (χ4v) is 8.11. The van der Waals surface area contributed by atoms with Crippen LogP contribution in [0.1, 0.15) is 54.2 Å². The maximum Gasteiger partial charge on any atom is 0.416 e. The Labute approximate surface area is 284 Å². The van der Waals surface area contributed by atoms with Crippen LogP contribution in [0.5, 0.6) is 5.75 Å². The highest BCUT2D eigenvalue weighted by Gasteiger charge is 2.43. The third-order valence-corrected chi connectivity index (χ3v) is 10.7. The van der Waals surface area contributed by atoms with E-state index in [1.165, 1.54) is 12.1 Å². The minimum atomic E-state index is -4.43. The molecule has 49 heavy (non-hydrogen) atoms. The summed E-state index contributed by atoms with van der Waals surface area (Å²) in [6.07, 6.45) is -4.43. The van der Waals surface area contributed by atoms with E-state index in [4.69, 9.17) is 9.47 Å². The Morgan fingerprint density at radius 3 is 2.06 bits per heavy atom. The fourth-order valence-electron chi connectivity index (χ4n) is 8.11. The standard InChI is InChI=1S/C43H38F3NO2/c1-27-39-38(36-20-17-32(43(44,45)46)26-37(36)41(39,2)3)34-11-7-8-12-35(34)40(27)49-42(4,31-14-13-28-9-5-6-10-29(28)25-31)30-15-18-33(19-16-30)47-21-23-48-24-22-47/h5-20,25-26H,21-24H2,1-4H3. The van der Waals surface area contributed by atoms with Crippen LogP contribution in [0.3, 0.4) is 0 Å². The van der Waals surface area contributed by atoms with Crippen molar-refractivity contribution in [3.63, 3.8) is 0 Å². The maximum atomic E-state index is 13.9. The van der Waals surface area contributed by atoms with E-state index >= 15 is 0 Å². The molecule has 1 unspecified atom stereocenters. The van der Waals surface area contributed by atoms with Gasteiger partial charge >= 0.3 is 6.18 Å². The Morgan fingerprint density at radius 1 is 0.714 bits per heavy atom. The Balaban J connectivity index is 1.32. The third-order valence-electron chi connectivity index (χ3n) is 10.7. The molecule has 248 valence electrons. The molecule has 0 spiro atoms. The monoisotopic (exact) mass is 657 g/mol. The van der Waals surface area contributed by atoms with Crippen LogP contribution in [0, 0.1) is 6.92 Å². The summed E-state index contributed by atoms with van der Waals surface area (Å²) in [5, 5.41) is 4.16. The molecule has 0 saturated carbocycles. The van der Waals surface area contributed by atoms with Crippen LogP contribution in [-0.4, -0.2) is 26.3 Å². The first kappa shape index (κ1) is 31.5. The summed E-state index contributed by atoms with van der Waals surface area (Å²) in [5.74, 6) is 0.735. The first-order valence-corrected chi connectivity index (χ1v) is 16.9. The van der Waals surface area contributed by atoms with E-state index in [9.17, 15) is 13.2 Å². The number of ether oxygens (including phenoxy) is 2. The predicted molar refractivity (Wildman–Crippen MR) is 192 cm³/mol. The van der Waals surface area contributed by atoms with Crippen LogP contribution < -0.4 is 9.64 Å². The highest BCUT2D eigenvalue weighted by atomic mass is 19.4. The molecular formula is C43H38F3NO2. The van der Waals surface area contributed by atoms with Gasteiger partial charge in [0, 0.05) is 35.1 Å². The van der Waals surface area contributed by atoms with Crippen molar-refractivity contribution in [3.05, 3.63) is 143 Å². The first-order chi connectivity index (χ1) is 23.5. The summed E-state index contributed by atoms with van der Waals surface area (Å²) in [4.78, 5) is 2.34. The topological polar surface area (TPSA) is 21.7 Å². The molecule has 0 amide bonds. The van der Waals surface area contributed by atoms with Crippen LogP contribution >= 0.6 is 0 Å². The number of halogens is 3. The lowest BCUT2D eigenvalue weighted by Gasteiger charge is -2.35. The lowest BCUT2D eigenvalue weighted by molar-refractivity contribution is -0.137. The molecule has 8 rings (SSSR count). The van der Waals surface area contributed by atoms with Crippen molar-refractivity contribution in [3.8, 4) is 16.9 Å². The molecule has 0 aromatic heterocycles. The number of benzene rings is 6. The Hall–Kier alpha value is -4.81. The number of morpholine rings is 1. The Morgan fingerprint density at radius 2 is 1.35 bits per heavy atom. The van der Waals surface area contributed by atoms with E-state index in [-0.39, 0.29) is 0 Å². The van der Waals surface area contributed by atoms with Gasteiger partial charge in [0.15, 0.2) is 5.60 Å². The summed E-state index contributed by atoms with van der Waals surface area (Å²) in [6.45, 7) is 11.3. The first-order valence-electron chi connectivity index (χ1n) is 16.9. The van der Waals surface area contributed by atoms with Gasteiger partial charge in [0.2, 0.25) is 0 Å². The number of rotatable bonds is 5. The van der Waals surface area contributed by atoms with E-state index in [2.05, 4.69) is 85.5 Å². The number of hydrogen-bond donors (Lipinski definition) is 0. The van der Waals surface area contributed by atoms with E-state index in [1.54, 1.807) is 6.07 Å². The molecule has 3 nitrogen and oxygen atoms in total. The van der Waals surface area contributed by atoms with Gasteiger partial charge in [-0.15, -0.1) is 0 Å². The average molecular weight is 658 g/mol. The van der Waals surface area contributed by atoms with Gasteiger partial charge in [-0.25, -0.2) is 0 Å². The Bertz CT molecular complexity index is 2230. The van der Waals surface area contributed by atoms with Gasteiger partial charge in [-0.05, 0) is 93.7 Å². The highest BCUT2D eigenvalue weighted by molar-refractivity contribution is 6.06. The van der Waals surface area contributed by atoms with Gasteiger partial charge in [0.1, 0.15) is 5.75 Å². The second-order valence-corrected chi connectivity index (χ2v) is 14.0. The lowest BCUT2D eigenvalue weighted by atomic mass is 9.79. The summed E-state index contributed by atoms with van der Waals surface area (Å²) < 4.78 is 54.8. The summed E-state index contributed by atoms with van der Waals surface area (Å²) >= 11 is 0. The average Bonchev–Trinajstić information content (AvgIpc) is 3.36. The quantitative estimate of drug-likeness (QED) is 0.184. The van der Waals surface area contributed by atoms with E-state index < -0.39 is 22.8 Å². The molecule has 1 saturated heterocycles. The van der Waals surface area contributed by atoms with Crippen molar-refractivity contribution in [1.82, 2.24) is 0 Å². The van der Waals surface area contributed by atoms with Gasteiger partial charge in [-0.3, -0.25) is 0 Å². The van der Waals surface area contributed by atoms with E-state index in [0.29, 0.717) is 18.8 Å². The van der Waals surface area contributed by atoms with Crippen molar-refractivity contribution < 1.29 is 22.6 Å². The molecule has 1 aliphatic carbocycles. The zero-order valence-electron chi connectivity index (χ0n) is 28.1. The molecule has 1 fully saturated rings. The molecule has 1 atom stereocenters. The predicted octanol–water partition coefficient (Wildman–Crippen LogP) is 10.8. The zero-order valence-corrected chi connectivity index (χ0v) is 28.1. The maximum absolute atomic E-state index is 13.9. The molecule has 2 aliphatic rings. The molecule has 6 heteroatoms. The minimum Gasteiger partial charge on any atom is -0.477 e. The molecular weight excluding hydrogens is 619 g/mol. The van der Waals surface area contributed by atoms with Gasteiger partial charge in [-0.1, -0.05) is 92.7 Å². The SMILES string of the molecule is Cc1c2c(c3ccccc3c1OC(C)(c1ccc(N3CCOCC3)cc1)c1ccc3ccccc3c1)-c1ccc(C(F)(F)F)cc1C2(C)C. The van der Waals surface area contributed by atoms with Crippen molar-refractivity contribution in [2.45, 2.75) is 44.9 Å². The highest BCUT2D eigenvalue weighted by Crippen LogP contribution is 2.56. The molecule has 6 aromatic rings. The number of nitrogens with zero attached hydrogens (tertiary/aromatic N) is 1. The van der Waals surface area contributed by atoms with Crippen LogP contribution in [-0.2, 0) is 21.9 Å². The smallest absolute Gasteiger partial charge is 0.416 e. The summed E-state index contributed by atoms with van der Waals surface area (Å²) in [5.41, 5.74) is 5.36. The zero-order chi connectivity index (χ0) is 34.1. The third kappa shape index (κ3) is 5.07. The number of hydrogen-bond acceptors (Lipinski definition) is 3.